The zero-order valence-electron chi connectivity index (χ0n) is 19.4. The van der Waals surface area contributed by atoms with Crippen molar-refractivity contribution in [1.82, 2.24) is 10.2 Å². The van der Waals surface area contributed by atoms with Crippen molar-refractivity contribution in [2.24, 2.45) is 0 Å². The summed E-state index contributed by atoms with van der Waals surface area (Å²) in [5.74, 6) is 0.648. The van der Waals surface area contributed by atoms with E-state index in [1.165, 1.54) is 24.1 Å². The summed E-state index contributed by atoms with van der Waals surface area (Å²) in [5, 5.41) is 2.98. The summed E-state index contributed by atoms with van der Waals surface area (Å²) in [6.07, 6.45) is 4.27. The lowest BCUT2D eigenvalue weighted by Gasteiger charge is -2.36. The fourth-order valence-electron chi connectivity index (χ4n) is 3.85. The Morgan fingerprint density at radius 2 is 1.64 bits per heavy atom. The first kappa shape index (κ1) is 25.1. The third-order valence-electron chi connectivity index (χ3n) is 5.79. The maximum Gasteiger partial charge on any atom is 0.220 e. The maximum atomic E-state index is 12.0. The number of hydrogen-bond acceptors (Lipinski definition) is 6. The number of unbranched alkanes of at least 4 members (excludes halogenated alkanes) is 1. The molecule has 3 rings (SSSR count). The smallest absolute Gasteiger partial charge is 0.220 e. The molecule has 0 bridgehead atoms. The van der Waals surface area contributed by atoms with Gasteiger partial charge in [-0.05, 0) is 62.2 Å². The van der Waals surface area contributed by atoms with E-state index >= 15 is 0 Å². The zero-order valence-corrected chi connectivity index (χ0v) is 20.2. The van der Waals surface area contributed by atoms with Crippen LogP contribution in [0.1, 0.15) is 25.7 Å². The second-order valence-electron chi connectivity index (χ2n) is 8.42. The minimum Gasteiger partial charge on any atom is -0.494 e. The Kier molecular flexibility index (Phi) is 9.57. The molecule has 1 heterocycles. The van der Waals surface area contributed by atoms with Crippen molar-refractivity contribution < 1.29 is 17.9 Å². The van der Waals surface area contributed by atoms with Crippen LogP contribution in [0.25, 0.3) is 0 Å². The van der Waals surface area contributed by atoms with E-state index in [-0.39, 0.29) is 10.8 Å². The molecular weight excluding hydrogens is 438 g/mol. The van der Waals surface area contributed by atoms with E-state index in [4.69, 9.17) is 4.74 Å². The molecule has 1 aliphatic heterocycles. The van der Waals surface area contributed by atoms with Gasteiger partial charge in [0, 0.05) is 51.1 Å². The number of sulfone groups is 1. The highest BCUT2D eigenvalue weighted by Gasteiger charge is 2.16. The minimum absolute atomic E-state index is 0.0440. The first-order chi connectivity index (χ1) is 15.9. The van der Waals surface area contributed by atoms with E-state index in [1.54, 1.807) is 12.1 Å². The summed E-state index contributed by atoms with van der Waals surface area (Å²) in [6.45, 7) is 6.48. The molecule has 2 aromatic carbocycles. The molecule has 2 aromatic rings. The van der Waals surface area contributed by atoms with Gasteiger partial charge < -0.3 is 15.0 Å². The predicted octanol–water partition coefficient (Wildman–Crippen LogP) is 2.97. The number of nitrogens with zero attached hydrogens (tertiary/aromatic N) is 2. The summed E-state index contributed by atoms with van der Waals surface area (Å²) in [6, 6.07) is 16.9. The van der Waals surface area contributed by atoms with E-state index < -0.39 is 9.84 Å². The van der Waals surface area contributed by atoms with Crippen LogP contribution in [-0.4, -0.2) is 71.4 Å². The third-order valence-corrected chi connectivity index (χ3v) is 6.91. The molecule has 1 aliphatic rings. The van der Waals surface area contributed by atoms with Crippen molar-refractivity contribution in [1.29, 1.82) is 0 Å². The van der Waals surface area contributed by atoms with Gasteiger partial charge in [0.05, 0.1) is 11.5 Å². The second-order valence-corrected chi connectivity index (χ2v) is 10.4. The SMILES string of the molecule is CS(=O)(=O)c1ccc(OCCCC(=O)NCCCCN2CCN(c3ccccc3)CC2)cc1. The van der Waals surface area contributed by atoms with Crippen LogP contribution in [0.4, 0.5) is 5.69 Å². The lowest BCUT2D eigenvalue weighted by atomic mass is 10.2. The first-order valence-electron chi connectivity index (χ1n) is 11.6. The van der Waals surface area contributed by atoms with Crippen LogP contribution in [0.5, 0.6) is 5.75 Å². The normalized spacial score (nSPS) is 14.8. The van der Waals surface area contributed by atoms with Crippen molar-refractivity contribution in [3.05, 3.63) is 54.6 Å². The fourth-order valence-corrected chi connectivity index (χ4v) is 4.48. The fraction of sp³-hybridized carbons (Fsp3) is 0.480. The number of carbonyl (C=O) groups is 1. The molecule has 33 heavy (non-hydrogen) atoms. The van der Waals surface area contributed by atoms with E-state index in [0.29, 0.717) is 31.7 Å². The van der Waals surface area contributed by atoms with E-state index in [0.717, 1.165) is 45.6 Å². The molecule has 1 amide bonds. The van der Waals surface area contributed by atoms with Gasteiger partial charge >= 0.3 is 0 Å². The van der Waals surface area contributed by atoms with Crippen molar-refractivity contribution >= 4 is 21.4 Å². The van der Waals surface area contributed by atoms with Crippen LogP contribution in [0.3, 0.4) is 0 Å². The molecule has 0 unspecified atom stereocenters. The van der Waals surface area contributed by atoms with Gasteiger partial charge in [-0.3, -0.25) is 9.69 Å². The Hall–Kier alpha value is -2.58. The van der Waals surface area contributed by atoms with E-state index in [1.807, 2.05) is 0 Å². The number of para-hydroxylation sites is 1. The number of anilines is 1. The highest BCUT2D eigenvalue weighted by atomic mass is 32.2. The van der Waals surface area contributed by atoms with Gasteiger partial charge in [0.1, 0.15) is 5.75 Å². The lowest BCUT2D eigenvalue weighted by molar-refractivity contribution is -0.121. The quantitative estimate of drug-likeness (QED) is 0.478. The van der Waals surface area contributed by atoms with Gasteiger partial charge in [0.25, 0.3) is 0 Å². The lowest BCUT2D eigenvalue weighted by Crippen LogP contribution is -2.46. The van der Waals surface area contributed by atoms with E-state index in [2.05, 4.69) is 45.4 Å². The van der Waals surface area contributed by atoms with Gasteiger partial charge in [0.2, 0.25) is 5.91 Å². The predicted molar refractivity (Wildman–Crippen MR) is 132 cm³/mol. The molecule has 0 radical (unpaired) electrons. The highest BCUT2D eigenvalue weighted by molar-refractivity contribution is 7.90. The Morgan fingerprint density at radius 3 is 2.30 bits per heavy atom. The summed E-state index contributed by atoms with van der Waals surface area (Å²) in [7, 11) is -3.20. The van der Waals surface area contributed by atoms with Crippen LogP contribution in [0.15, 0.2) is 59.5 Å². The number of hydrogen-bond donors (Lipinski definition) is 1. The van der Waals surface area contributed by atoms with Crippen molar-refractivity contribution in [2.75, 3.05) is 57.0 Å². The van der Waals surface area contributed by atoms with E-state index in [9.17, 15) is 13.2 Å². The Bertz CT molecular complexity index is 957. The number of rotatable bonds is 12. The molecule has 0 aromatic heterocycles. The van der Waals surface area contributed by atoms with Crippen LogP contribution in [0, 0.1) is 0 Å². The maximum absolute atomic E-state index is 12.0. The number of ether oxygens (including phenoxy) is 1. The van der Waals surface area contributed by atoms with Crippen molar-refractivity contribution in [3.63, 3.8) is 0 Å². The molecule has 1 N–H and O–H groups in total. The summed E-state index contributed by atoms with van der Waals surface area (Å²) >= 11 is 0. The molecule has 8 heteroatoms. The first-order valence-corrected chi connectivity index (χ1v) is 13.5. The number of amides is 1. The molecule has 180 valence electrons. The average Bonchev–Trinajstić information content (AvgIpc) is 2.82. The van der Waals surface area contributed by atoms with Crippen LogP contribution >= 0.6 is 0 Å². The highest BCUT2D eigenvalue weighted by Crippen LogP contribution is 2.17. The molecule has 0 saturated carbocycles. The topological polar surface area (TPSA) is 78.9 Å². The van der Waals surface area contributed by atoms with Crippen LogP contribution < -0.4 is 15.0 Å². The number of nitrogens with one attached hydrogen (secondary N) is 1. The Balaban J connectivity index is 1.19. The van der Waals surface area contributed by atoms with Gasteiger partial charge in [-0.15, -0.1) is 0 Å². The molecule has 1 saturated heterocycles. The van der Waals surface area contributed by atoms with Gasteiger partial charge in [-0.25, -0.2) is 8.42 Å². The monoisotopic (exact) mass is 473 g/mol. The van der Waals surface area contributed by atoms with Crippen molar-refractivity contribution in [2.45, 2.75) is 30.6 Å². The Morgan fingerprint density at radius 1 is 0.939 bits per heavy atom. The number of piperazine rings is 1. The number of carbonyl (C=O) groups excluding carboxylic acids is 1. The van der Waals surface area contributed by atoms with Crippen LogP contribution in [-0.2, 0) is 14.6 Å². The van der Waals surface area contributed by atoms with Gasteiger partial charge in [-0.2, -0.15) is 0 Å². The van der Waals surface area contributed by atoms with Crippen LogP contribution in [0.2, 0.25) is 0 Å². The summed E-state index contributed by atoms with van der Waals surface area (Å²) in [4.78, 5) is 17.2. The van der Waals surface area contributed by atoms with Crippen molar-refractivity contribution in [3.8, 4) is 5.75 Å². The average molecular weight is 474 g/mol. The summed E-state index contributed by atoms with van der Waals surface area (Å²) in [5.41, 5.74) is 1.30. The molecule has 7 nitrogen and oxygen atoms in total. The number of benzene rings is 2. The summed E-state index contributed by atoms with van der Waals surface area (Å²) < 4.78 is 28.5. The standard InChI is InChI=1S/C25H35N3O4S/c1-33(30,31)24-13-11-23(12-14-24)32-21-7-10-25(29)26-15-5-6-16-27-17-19-28(20-18-27)22-8-3-2-4-9-22/h2-4,8-9,11-14H,5-7,10,15-21H2,1H3,(H,26,29). The van der Waals surface area contributed by atoms with Gasteiger partial charge in [-0.1, -0.05) is 18.2 Å². The van der Waals surface area contributed by atoms with Gasteiger partial charge in [0.15, 0.2) is 9.84 Å². The largest absolute Gasteiger partial charge is 0.494 e. The molecule has 0 atom stereocenters. The molecule has 0 spiro atoms. The Labute approximate surface area is 197 Å². The molecule has 1 fully saturated rings. The molecule has 0 aliphatic carbocycles. The second kappa shape index (κ2) is 12.6. The molecular formula is C25H35N3O4S. The third kappa shape index (κ3) is 8.70. The minimum atomic E-state index is -3.20. The zero-order chi connectivity index (χ0) is 23.5.